The van der Waals surface area contributed by atoms with Gasteiger partial charge in [-0.2, -0.15) is 0 Å². The van der Waals surface area contributed by atoms with Crippen molar-refractivity contribution in [2.45, 2.75) is 19.9 Å². The zero-order valence-corrected chi connectivity index (χ0v) is 10.5. The van der Waals surface area contributed by atoms with Crippen LogP contribution in [0, 0.1) is 0 Å². The van der Waals surface area contributed by atoms with Crippen LogP contribution in [-0.4, -0.2) is 36.1 Å². The molecule has 0 heterocycles. The molecule has 1 rings (SSSR count). The van der Waals surface area contributed by atoms with Gasteiger partial charge in [0.1, 0.15) is 12.4 Å². The average Bonchev–Trinajstić information content (AvgIpc) is 2.35. The van der Waals surface area contributed by atoms with Crippen molar-refractivity contribution in [3.63, 3.8) is 0 Å². The fourth-order valence-electron chi connectivity index (χ4n) is 1.36. The van der Waals surface area contributed by atoms with Crippen LogP contribution in [0.15, 0.2) is 24.3 Å². The lowest BCUT2D eigenvalue weighted by molar-refractivity contribution is -0.123. The SMILES string of the molecule is CC(C)NC(=O)COc1cccc(C(=O)CO)c1. The van der Waals surface area contributed by atoms with Crippen molar-refractivity contribution in [2.75, 3.05) is 13.2 Å². The van der Waals surface area contributed by atoms with Gasteiger partial charge in [-0.3, -0.25) is 9.59 Å². The van der Waals surface area contributed by atoms with Gasteiger partial charge in [-0.1, -0.05) is 12.1 Å². The van der Waals surface area contributed by atoms with Gasteiger partial charge in [-0.05, 0) is 26.0 Å². The van der Waals surface area contributed by atoms with Gasteiger partial charge in [0.25, 0.3) is 5.91 Å². The lowest BCUT2D eigenvalue weighted by Gasteiger charge is -2.10. The number of benzene rings is 1. The summed E-state index contributed by atoms with van der Waals surface area (Å²) >= 11 is 0. The van der Waals surface area contributed by atoms with Crippen LogP contribution in [-0.2, 0) is 4.79 Å². The van der Waals surface area contributed by atoms with Crippen LogP contribution < -0.4 is 10.1 Å². The number of aliphatic hydroxyl groups is 1. The van der Waals surface area contributed by atoms with Crippen molar-refractivity contribution in [1.29, 1.82) is 0 Å². The molecular formula is C13H17NO4. The number of rotatable bonds is 6. The van der Waals surface area contributed by atoms with E-state index in [1.54, 1.807) is 18.2 Å². The quantitative estimate of drug-likeness (QED) is 0.732. The standard InChI is InChI=1S/C13H17NO4/c1-9(2)14-13(17)8-18-11-5-3-4-10(6-11)12(16)7-15/h3-6,9,15H,7-8H2,1-2H3,(H,14,17). The van der Waals surface area contributed by atoms with Crippen LogP contribution in [0.3, 0.4) is 0 Å². The Labute approximate surface area is 106 Å². The van der Waals surface area contributed by atoms with E-state index in [-0.39, 0.29) is 24.3 Å². The Balaban J connectivity index is 2.57. The maximum absolute atomic E-state index is 11.4. The van der Waals surface area contributed by atoms with E-state index in [4.69, 9.17) is 9.84 Å². The molecule has 18 heavy (non-hydrogen) atoms. The molecule has 1 aromatic carbocycles. The Bertz CT molecular complexity index is 429. The summed E-state index contributed by atoms with van der Waals surface area (Å²) < 4.78 is 5.26. The van der Waals surface area contributed by atoms with E-state index in [9.17, 15) is 9.59 Å². The van der Waals surface area contributed by atoms with Crippen molar-refractivity contribution in [3.05, 3.63) is 29.8 Å². The van der Waals surface area contributed by atoms with Crippen molar-refractivity contribution < 1.29 is 19.4 Å². The minimum absolute atomic E-state index is 0.0587. The number of amides is 1. The van der Waals surface area contributed by atoms with E-state index in [2.05, 4.69) is 5.32 Å². The second-order valence-electron chi connectivity index (χ2n) is 4.12. The number of nitrogens with one attached hydrogen (secondary N) is 1. The van der Waals surface area contributed by atoms with Gasteiger partial charge in [-0.25, -0.2) is 0 Å². The van der Waals surface area contributed by atoms with Gasteiger partial charge in [0.05, 0.1) is 0 Å². The molecule has 98 valence electrons. The second kappa shape index (κ2) is 6.76. The molecule has 0 saturated carbocycles. The number of carbonyl (C=O) groups is 2. The molecule has 0 saturated heterocycles. The van der Waals surface area contributed by atoms with Gasteiger partial charge in [0.15, 0.2) is 12.4 Å². The summed E-state index contributed by atoms with van der Waals surface area (Å²) in [5, 5.41) is 11.4. The summed E-state index contributed by atoms with van der Waals surface area (Å²) in [5.41, 5.74) is 0.360. The monoisotopic (exact) mass is 251 g/mol. The van der Waals surface area contributed by atoms with Crippen LogP contribution in [0.2, 0.25) is 0 Å². The zero-order valence-electron chi connectivity index (χ0n) is 10.5. The predicted octanol–water partition coefficient (Wildman–Crippen LogP) is 0.765. The van der Waals surface area contributed by atoms with E-state index in [1.165, 1.54) is 6.07 Å². The number of hydrogen-bond donors (Lipinski definition) is 2. The molecule has 0 atom stereocenters. The number of aliphatic hydroxyl groups excluding tert-OH is 1. The Morgan fingerprint density at radius 3 is 2.72 bits per heavy atom. The minimum atomic E-state index is -0.544. The van der Waals surface area contributed by atoms with E-state index in [0.29, 0.717) is 11.3 Å². The van der Waals surface area contributed by atoms with Crippen LogP contribution in [0.1, 0.15) is 24.2 Å². The summed E-state index contributed by atoms with van der Waals surface area (Å²) in [5.74, 6) is -0.177. The molecule has 0 unspecified atom stereocenters. The smallest absolute Gasteiger partial charge is 0.258 e. The van der Waals surface area contributed by atoms with E-state index >= 15 is 0 Å². The molecular weight excluding hydrogens is 234 g/mol. The Hall–Kier alpha value is -1.88. The molecule has 0 fully saturated rings. The fourth-order valence-corrected chi connectivity index (χ4v) is 1.36. The summed E-state index contributed by atoms with van der Waals surface area (Å²) in [4.78, 5) is 22.6. The van der Waals surface area contributed by atoms with E-state index in [1.807, 2.05) is 13.8 Å². The summed E-state index contributed by atoms with van der Waals surface area (Å²) in [6.07, 6.45) is 0. The molecule has 0 aliphatic rings. The van der Waals surface area contributed by atoms with Gasteiger partial charge in [0.2, 0.25) is 0 Å². The lowest BCUT2D eigenvalue weighted by Crippen LogP contribution is -2.34. The molecule has 0 aromatic heterocycles. The van der Waals surface area contributed by atoms with Crippen LogP contribution >= 0.6 is 0 Å². The Morgan fingerprint density at radius 1 is 1.39 bits per heavy atom. The van der Waals surface area contributed by atoms with Gasteiger partial charge >= 0.3 is 0 Å². The molecule has 1 amide bonds. The first-order valence-corrected chi connectivity index (χ1v) is 5.69. The normalized spacial score (nSPS) is 10.2. The summed E-state index contributed by atoms with van der Waals surface area (Å²) in [6, 6.07) is 6.43. The topological polar surface area (TPSA) is 75.6 Å². The summed E-state index contributed by atoms with van der Waals surface area (Å²) in [7, 11) is 0. The summed E-state index contributed by atoms with van der Waals surface area (Å²) in [6.45, 7) is 3.07. The van der Waals surface area contributed by atoms with Crippen LogP contribution in [0.5, 0.6) is 5.75 Å². The van der Waals surface area contributed by atoms with Crippen molar-refractivity contribution in [3.8, 4) is 5.75 Å². The number of carbonyl (C=O) groups excluding carboxylic acids is 2. The molecule has 0 bridgehead atoms. The first-order valence-electron chi connectivity index (χ1n) is 5.69. The predicted molar refractivity (Wildman–Crippen MR) is 66.6 cm³/mol. The van der Waals surface area contributed by atoms with Crippen molar-refractivity contribution >= 4 is 11.7 Å². The average molecular weight is 251 g/mol. The zero-order chi connectivity index (χ0) is 13.5. The Morgan fingerprint density at radius 2 is 2.11 bits per heavy atom. The largest absolute Gasteiger partial charge is 0.484 e. The highest BCUT2D eigenvalue weighted by Crippen LogP contribution is 2.13. The van der Waals surface area contributed by atoms with Crippen LogP contribution in [0.4, 0.5) is 0 Å². The maximum atomic E-state index is 11.4. The van der Waals surface area contributed by atoms with Gasteiger partial charge < -0.3 is 15.2 Å². The van der Waals surface area contributed by atoms with Crippen molar-refractivity contribution in [2.24, 2.45) is 0 Å². The number of hydrogen-bond acceptors (Lipinski definition) is 4. The highest BCUT2D eigenvalue weighted by Gasteiger charge is 2.07. The highest BCUT2D eigenvalue weighted by atomic mass is 16.5. The molecule has 5 heteroatoms. The highest BCUT2D eigenvalue weighted by molar-refractivity contribution is 5.97. The minimum Gasteiger partial charge on any atom is -0.484 e. The lowest BCUT2D eigenvalue weighted by atomic mass is 10.1. The van der Waals surface area contributed by atoms with E-state index in [0.717, 1.165) is 0 Å². The molecule has 0 aliphatic heterocycles. The first-order chi connectivity index (χ1) is 8.52. The number of ether oxygens (including phenoxy) is 1. The molecule has 5 nitrogen and oxygen atoms in total. The Kier molecular flexibility index (Phi) is 5.32. The molecule has 0 aliphatic carbocycles. The molecule has 0 radical (unpaired) electrons. The third-order valence-electron chi connectivity index (χ3n) is 2.12. The van der Waals surface area contributed by atoms with Gasteiger partial charge in [0, 0.05) is 11.6 Å². The van der Waals surface area contributed by atoms with Gasteiger partial charge in [-0.15, -0.1) is 0 Å². The third-order valence-corrected chi connectivity index (χ3v) is 2.12. The molecule has 0 spiro atoms. The molecule has 2 N–H and O–H groups in total. The number of Topliss-reactive ketones (excluding diaryl/α,β-unsaturated/α-hetero) is 1. The fraction of sp³-hybridized carbons (Fsp3) is 0.385. The maximum Gasteiger partial charge on any atom is 0.258 e. The second-order valence-corrected chi connectivity index (χ2v) is 4.12. The third kappa shape index (κ3) is 4.55. The molecule has 1 aromatic rings. The van der Waals surface area contributed by atoms with Crippen LogP contribution in [0.25, 0.3) is 0 Å². The van der Waals surface area contributed by atoms with Crippen molar-refractivity contribution in [1.82, 2.24) is 5.32 Å². The number of ketones is 1. The van der Waals surface area contributed by atoms with E-state index < -0.39 is 6.61 Å². The first kappa shape index (κ1) is 14.2.